The lowest BCUT2D eigenvalue weighted by atomic mass is 10.1. The van der Waals surface area contributed by atoms with Gasteiger partial charge in [-0.05, 0) is 46.8 Å². The van der Waals surface area contributed by atoms with Crippen LogP contribution in [0.3, 0.4) is 0 Å². The van der Waals surface area contributed by atoms with Crippen molar-refractivity contribution < 1.29 is 14.3 Å². The SMILES string of the molecule is CC(=O)c1ccc(OC(C)C)cc1OC(C)C. The van der Waals surface area contributed by atoms with E-state index in [1.807, 2.05) is 27.7 Å². The molecule has 1 rings (SSSR count). The van der Waals surface area contributed by atoms with Gasteiger partial charge in [0.25, 0.3) is 0 Å². The van der Waals surface area contributed by atoms with E-state index in [1.54, 1.807) is 18.2 Å². The van der Waals surface area contributed by atoms with E-state index in [4.69, 9.17) is 9.47 Å². The zero-order valence-corrected chi connectivity index (χ0v) is 11.1. The number of ketones is 1. The van der Waals surface area contributed by atoms with Gasteiger partial charge >= 0.3 is 0 Å². The van der Waals surface area contributed by atoms with Crippen molar-refractivity contribution in [2.24, 2.45) is 0 Å². The van der Waals surface area contributed by atoms with Crippen LogP contribution in [0.1, 0.15) is 45.0 Å². The molecular formula is C14H20O3. The van der Waals surface area contributed by atoms with Crippen molar-refractivity contribution in [3.63, 3.8) is 0 Å². The Morgan fingerprint density at radius 3 is 2.12 bits per heavy atom. The van der Waals surface area contributed by atoms with Crippen LogP contribution in [0.5, 0.6) is 11.5 Å². The Hall–Kier alpha value is -1.51. The maximum atomic E-state index is 11.5. The quantitative estimate of drug-likeness (QED) is 0.734. The fourth-order valence-electron chi connectivity index (χ4n) is 1.49. The van der Waals surface area contributed by atoms with Crippen LogP contribution in [-0.2, 0) is 0 Å². The molecule has 0 heterocycles. The molecule has 0 fully saturated rings. The zero-order valence-electron chi connectivity index (χ0n) is 11.1. The molecule has 0 saturated heterocycles. The van der Waals surface area contributed by atoms with Gasteiger partial charge in [0.2, 0.25) is 0 Å². The minimum Gasteiger partial charge on any atom is -0.491 e. The molecular weight excluding hydrogens is 216 g/mol. The normalized spacial score (nSPS) is 10.8. The summed E-state index contributed by atoms with van der Waals surface area (Å²) in [6, 6.07) is 5.32. The number of carbonyl (C=O) groups excluding carboxylic acids is 1. The van der Waals surface area contributed by atoms with Crippen molar-refractivity contribution in [1.29, 1.82) is 0 Å². The van der Waals surface area contributed by atoms with E-state index in [-0.39, 0.29) is 18.0 Å². The summed E-state index contributed by atoms with van der Waals surface area (Å²) in [6.07, 6.45) is 0.132. The molecule has 0 aliphatic rings. The monoisotopic (exact) mass is 236 g/mol. The fourth-order valence-corrected chi connectivity index (χ4v) is 1.49. The van der Waals surface area contributed by atoms with Crippen molar-refractivity contribution in [3.05, 3.63) is 23.8 Å². The largest absolute Gasteiger partial charge is 0.491 e. The molecule has 94 valence electrons. The number of rotatable bonds is 5. The molecule has 0 unspecified atom stereocenters. The summed E-state index contributed by atoms with van der Waals surface area (Å²) in [7, 11) is 0. The van der Waals surface area contributed by atoms with Crippen LogP contribution in [-0.4, -0.2) is 18.0 Å². The molecule has 1 aromatic rings. The second kappa shape index (κ2) is 5.71. The molecule has 0 amide bonds. The Bertz CT molecular complexity index is 394. The first kappa shape index (κ1) is 13.6. The highest BCUT2D eigenvalue weighted by Gasteiger charge is 2.12. The number of carbonyl (C=O) groups is 1. The minimum atomic E-state index is -0.00301. The molecule has 3 nitrogen and oxygen atoms in total. The lowest BCUT2D eigenvalue weighted by molar-refractivity contribution is 0.101. The predicted octanol–water partition coefficient (Wildman–Crippen LogP) is 3.46. The van der Waals surface area contributed by atoms with Crippen LogP contribution in [0.25, 0.3) is 0 Å². The van der Waals surface area contributed by atoms with E-state index in [0.29, 0.717) is 11.3 Å². The van der Waals surface area contributed by atoms with Gasteiger partial charge in [-0.15, -0.1) is 0 Å². The molecule has 0 N–H and O–H groups in total. The Morgan fingerprint density at radius 1 is 1.06 bits per heavy atom. The van der Waals surface area contributed by atoms with Crippen LogP contribution in [0.15, 0.2) is 18.2 Å². The van der Waals surface area contributed by atoms with Crippen LogP contribution in [0.2, 0.25) is 0 Å². The molecule has 0 atom stereocenters. The van der Waals surface area contributed by atoms with Crippen molar-refractivity contribution >= 4 is 5.78 Å². The molecule has 1 aromatic carbocycles. The lowest BCUT2D eigenvalue weighted by Gasteiger charge is -2.16. The summed E-state index contributed by atoms with van der Waals surface area (Å²) in [6.45, 7) is 9.31. The Kier molecular flexibility index (Phi) is 4.55. The third-order valence-electron chi connectivity index (χ3n) is 2.07. The maximum Gasteiger partial charge on any atom is 0.163 e. The third-order valence-corrected chi connectivity index (χ3v) is 2.07. The average Bonchev–Trinajstić information content (AvgIpc) is 2.15. The Morgan fingerprint density at radius 2 is 1.65 bits per heavy atom. The highest BCUT2D eigenvalue weighted by atomic mass is 16.5. The summed E-state index contributed by atoms with van der Waals surface area (Å²) in [5.74, 6) is 1.31. The summed E-state index contributed by atoms with van der Waals surface area (Å²) >= 11 is 0. The first-order valence-corrected chi connectivity index (χ1v) is 5.88. The standard InChI is InChI=1S/C14H20O3/c1-9(2)16-12-6-7-13(11(5)15)14(8-12)17-10(3)4/h6-10H,1-5H3. The molecule has 0 aromatic heterocycles. The van der Waals surface area contributed by atoms with Gasteiger partial charge in [-0.1, -0.05) is 0 Å². The molecule has 0 saturated carbocycles. The first-order chi connectivity index (χ1) is 7.90. The number of benzene rings is 1. The molecule has 3 heteroatoms. The van der Waals surface area contributed by atoms with E-state index in [1.165, 1.54) is 6.92 Å². The van der Waals surface area contributed by atoms with Gasteiger partial charge in [-0.25, -0.2) is 0 Å². The van der Waals surface area contributed by atoms with Gasteiger partial charge in [0.05, 0.1) is 17.8 Å². The zero-order chi connectivity index (χ0) is 13.0. The number of hydrogen-bond acceptors (Lipinski definition) is 3. The van der Waals surface area contributed by atoms with Gasteiger partial charge in [-0.2, -0.15) is 0 Å². The van der Waals surface area contributed by atoms with Gasteiger partial charge < -0.3 is 9.47 Å². The summed E-state index contributed by atoms with van der Waals surface area (Å²) < 4.78 is 11.2. The molecule has 17 heavy (non-hydrogen) atoms. The highest BCUT2D eigenvalue weighted by molar-refractivity contribution is 5.97. The van der Waals surface area contributed by atoms with Crippen LogP contribution in [0, 0.1) is 0 Å². The van der Waals surface area contributed by atoms with Crippen molar-refractivity contribution in [1.82, 2.24) is 0 Å². The van der Waals surface area contributed by atoms with Gasteiger partial charge in [0.1, 0.15) is 11.5 Å². The second-order valence-corrected chi connectivity index (χ2v) is 4.55. The van der Waals surface area contributed by atoms with E-state index in [2.05, 4.69) is 0 Å². The van der Waals surface area contributed by atoms with E-state index in [0.717, 1.165) is 5.75 Å². The van der Waals surface area contributed by atoms with Crippen molar-refractivity contribution in [2.75, 3.05) is 0 Å². The maximum absolute atomic E-state index is 11.5. The van der Waals surface area contributed by atoms with Crippen LogP contribution < -0.4 is 9.47 Å². The number of hydrogen-bond donors (Lipinski definition) is 0. The summed E-state index contributed by atoms with van der Waals surface area (Å²) in [5.41, 5.74) is 0.592. The van der Waals surface area contributed by atoms with Crippen molar-refractivity contribution in [2.45, 2.75) is 46.8 Å². The van der Waals surface area contributed by atoms with E-state index < -0.39 is 0 Å². The molecule has 0 aliphatic carbocycles. The molecule has 0 bridgehead atoms. The molecule has 0 spiro atoms. The first-order valence-electron chi connectivity index (χ1n) is 5.88. The van der Waals surface area contributed by atoms with E-state index >= 15 is 0 Å². The van der Waals surface area contributed by atoms with Gasteiger partial charge in [0.15, 0.2) is 5.78 Å². The highest BCUT2D eigenvalue weighted by Crippen LogP contribution is 2.27. The average molecular weight is 236 g/mol. The number of ether oxygens (including phenoxy) is 2. The lowest BCUT2D eigenvalue weighted by Crippen LogP contribution is -2.10. The van der Waals surface area contributed by atoms with Crippen LogP contribution >= 0.6 is 0 Å². The van der Waals surface area contributed by atoms with Gasteiger partial charge in [0, 0.05) is 6.07 Å². The Balaban J connectivity index is 3.05. The topological polar surface area (TPSA) is 35.5 Å². The summed E-state index contributed by atoms with van der Waals surface area (Å²) in [5, 5.41) is 0. The van der Waals surface area contributed by atoms with Crippen molar-refractivity contribution in [3.8, 4) is 11.5 Å². The third kappa shape index (κ3) is 4.10. The predicted molar refractivity (Wildman–Crippen MR) is 68.0 cm³/mol. The second-order valence-electron chi connectivity index (χ2n) is 4.55. The smallest absolute Gasteiger partial charge is 0.163 e. The molecule has 0 aliphatic heterocycles. The fraction of sp³-hybridized carbons (Fsp3) is 0.500. The molecule has 0 radical (unpaired) electrons. The summed E-state index contributed by atoms with van der Waals surface area (Å²) in [4.78, 5) is 11.5. The van der Waals surface area contributed by atoms with E-state index in [9.17, 15) is 4.79 Å². The minimum absolute atomic E-state index is 0.00301. The van der Waals surface area contributed by atoms with Gasteiger partial charge in [-0.3, -0.25) is 4.79 Å². The number of Topliss-reactive ketones (excluding diaryl/α,β-unsaturated/α-hetero) is 1. The Labute approximate surface area is 103 Å². The van der Waals surface area contributed by atoms with Crippen LogP contribution in [0.4, 0.5) is 0 Å².